The van der Waals surface area contributed by atoms with Gasteiger partial charge in [0.1, 0.15) is 11.5 Å². The number of nitrogens with one attached hydrogen (secondary N) is 1. The number of carbonyl (C=O) groups is 1. The summed E-state index contributed by atoms with van der Waals surface area (Å²) in [6.07, 6.45) is 0.946. The summed E-state index contributed by atoms with van der Waals surface area (Å²) in [6.45, 7) is 8.21. The standard InChI is InChI=1S/C21H27NO4/c1-4-13-24-15-17-14-16(7-12-20(17)26-6-3)21(23)22-18-8-10-19(11-9-18)25-5-2/h7-12,14H,4-6,13,15H2,1-3H3,(H,22,23). The quantitative estimate of drug-likeness (QED) is 0.628. The lowest BCUT2D eigenvalue weighted by Gasteiger charge is -2.13. The molecule has 0 heterocycles. The first kappa shape index (κ1) is 19.8. The molecule has 0 bridgehead atoms. The lowest BCUT2D eigenvalue weighted by Crippen LogP contribution is -2.13. The highest BCUT2D eigenvalue weighted by molar-refractivity contribution is 6.04. The molecule has 1 N–H and O–H groups in total. The Balaban J connectivity index is 2.10. The van der Waals surface area contributed by atoms with Crippen molar-refractivity contribution in [2.75, 3.05) is 25.1 Å². The molecule has 0 atom stereocenters. The summed E-state index contributed by atoms with van der Waals surface area (Å²) in [7, 11) is 0. The van der Waals surface area contributed by atoms with Crippen LogP contribution in [-0.4, -0.2) is 25.7 Å². The van der Waals surface area contributed by atoms with Crippen molar-refractivity contribution in [2.24, 2.45) is 0 Å². The molecule has 0 aliphatic heterocycles. The van der Waals surface area contributed by atoms with Crippen LogP contribution in [-0.2, 0) is 11.3 Å². The Kier molecular flexibility index (Phi) is 7.96. The van der Waals surface area contributed by atoms with E-state index in [1.54, 1.807) is 6.07 Å². The van der Waals surface area contributed by atoms with Gasteiger partial charge in [0, 0.05) is 23.4 Å². The summed E-state index contributed by atoms with van der Waals surface area (Å²) >= 11 is 0. The molecule has 0 unspecified atom stereocenters. The molecular formula is C21H27NO4. The van der Waals surface area contributed by atoms with Crippen LogP contribution in [0.1, 0.15) is 43.1 Å². The van der Waals surface area contributed by atoms with Crippen LogP contribution in [0.4, 0.5) is 5.69 Å². The van der Waals surface area contributed by atoms with Gasteiger partial charge in [-0.05, 0) is 62.7 Å². The second-order valence-corrected chi connectivity index (χ2v) is 5.72. The molecule has 2 rings (SSSR count). The van der Waals surface area contributed by atoms with Crippen molar-refractivity contribution in [1.82, 2.24) is 0 Å². The summed E-state index contributed by atoms with van der Waals surface area (Å²) in [5.41, 5.74) is 2.16. The van der Waals surface area contributed by atoms with Gasteiger partial charge in [-0.2, -0.15) is 0 Å². The molecule has 0 aliphatic carbocycles. The van der Waals surface area contributed by atoms with Crippen LogP contribution >= 0.6 is 0 Å². The summed E-state index contributed by atoms with van der Waals surface area (Å²) in [6, 6.07) is 12.7. The van der Waals surface area contributed by atoms with Crippen LogP contribution in [0.3, 0.4) is 0 Å². The number of carbonyl (C=O) groups excluding carboxylic acids is 1. The highest BCUT2D eigenvalue weighted by Crippen LogP contribution is 2.23. The minimum Gasteiger partial charge on any atom is -0.494 e. The third-order valence-corrected chi connectivity index (χ3v) is 3.65. The number of benzene rings is 2. The maximum Gasteiger partial charge on any atom is 0.255 e. The van der Waals surface area contributed by atoms with Gasteiger partial charge in [-0.15, -0.1) is 0 Å². The van der Waals surface area contributed by atoms with Crippen LogP contribution in [0.15, 0.2) is 42.5 Å². The lowest BCUT2D eigenvalue weighted by atomic mass is 10.1. The number of hydrogen-bond acceptors (Lipinski definition) is 4. The number of ether oxygens (including phenoxy) is 3. The van der Waals surface area contributed by atoms with E-state index in [0.717, 1.165) is 29.2 Å². The highest BCUT2D eigenvalue weighted by Gasteiger charge is 2.11. The second kappa shape index (κ2) is 10.5. The lowest BCUT2D eigenvalue weighted by molar-refractivity contribution is 0.102. The molecule has 0 saturated heterocycles. The average Bonchev–Trinajstić information content (AvgIpc) is 2.65. The predicted molar refractivity (Wildman–Crippen MR) is 103 cm³/mol. The molecule has 1 amide bonds. The normalized spacial score (nSPS) is 10.4. The number of rotatable bonds is 10. The predicted octanol–water partition coefficient (Wildman–Crippen LogP) is 4.66. The minimum atomic E-state index is -0.172. The molecule has 0 aliphatic rings. The minimum absolute atomic E-state index is 0.172. The Morgan fingerprint density at radius 3 is 2.35 bits per heavy atom. The molecule has 0 fully saturated rings. The summed E-state index contributed by atoms with van der Waals surface area (Å²) < 4.78 is 16.7. The smallest absolute Gasteiger partial charge is 0.255 e. The van der Waals surface area contributed by atoms with E-state index in [4.69, 9.17) is 14.2 Å². The van der Waals surface area contributed by atoms with Crippen LogP contribution in [0.5, 0.6) is 11.5 Å². The van der Waals surface area contributed by atoms with Crippen molar-refractivity contribution in [3.05, 3.63) is 53.6 Å². The molecule has 2 aromatic rings. The van der Waals surface area contributed by atoms with Crippen LogP contribution in [0.25, 0.3) is 0 Å². The third-order valence-electron chi connectivity index (χ3n) is 3.65. The van der Waals surface area contributed by atoms with Gasteiger partial charge < -0.3 is 19.5 Å². The van der Waals surface area contributed by atoms with Crippen molar-refractivity contribution in [3.63, 3.8) is 0 Å². The first-order chi connectivity index (χ1) is 12.7. The van der Waals surface area contributed by atoms with E-state index in [2.05, 4.69) is 12.2 Å². The molecule has 5 heteroatoms. The zero-order valence-electron chi connectivity index (χ0n) is 15.7. The zero-order chi connectivity index (χ0) is 18.8. The van der Waals surface area contributed by atoms with Gasteiger partial charge in [-0.25, -0.2) is 0 Å². The molecule has 0 radical (unpaired) electrons. The fourth-order valence-electron chi connectivity index (χ4n) is 2.46. The Labute approximate surface area is 155 Å². The van der Waals surface area contributed by atoms with Gasteiger partial charge >= 0.3 is 0 Å². The molecule has 2 aromatic carbocycles. The van der Waals surface area contributed by atoms with E-state index in [9.17, 15) is 4.79 Å². The van der Waals surface area contributed by atoms with Crippen molar-refractivity contribution >= 4 is 11.6 Å². The van der Waals surface area contributed by atoms with E-state index < -0.39 is 0 Å². The largest absolute Gasteiger partial charge is 0.494 e. The Morgan fingerprint density at radius 1 is 0.962 bits per heavy atom. The highest BCUT2D eigenvalue weighted by atomic mass is 16.5. The van der Waals surface area contributed by atoms with E-state index in [1.165, 1.54) is 0 Å². The van der Waals surface area contributed by atoms with Crippen LogP contribution in [0, 0.1) is 0 Å². The fourth-order valence-corrected chi connectivity index (χ4v) is 2.46. The van der Waals surface area contributed by atoms with E-state index in [0.29, 0.717) is 32.0 Å². The molecule has 140 valence electrons. The van der Waals surface area contributed by atoms with E-state index in [-0.39, 0.29) is 5.91 Å². The topological polar surface area (TPSA) is 56.8 Å². The maximum absolute atomic E-state index is 12.6. The molecule has 0 aromatic heterocycles. The monoisotopic (exact) mass is 357 g/mol. The van der Waals surface area contributed by atoms with Crippen LogP contribution in [0.2, 0.25) is 0 Å². The van der Waals surface area contributed by atoms with Crippen molar-refractivity contribution in [3.8, 4) is 11.5 Å². The molecule has 26 heavy (non-hydrogen) atoms. The Bertz CT molecular complexity index is 698. The van der Waals surface area contributed by atoms with Crippen molar-refractivity contribution in [2.45, 2.75) is 33.8 Å². The van der Waals surface area contributed by atoms with Gasteiger partial charge in [-0.3, -0.25) is 4.79 Å². The van der Waals surface area contributed by atoms with E-state index >= 15 is 0 Å². The summed E-state index contributed by atoms with van der Waals surface area (Å²) in [5.74, 6) is 1.36. The average molecular weight is 357 g/mol. The number of hydrogen-bond donors (Lipinski definition) is 1. The van der Waals surface area contributed by atoms with Gasteiger partial charge in [0.25, 0.3) is 5.91 Å². The molecule has 0 saturated carbocycles. The summed E-state index contributed by atoms with van der Waals surface area (Å²) in [5, 5.41) is 2.90. The van der Waals surface area contributed by atoms with Gasteiger partial charge in [0.15, 0.2) is 0 Å². The first-order valence-corrected chi connectivity index (χ1v) is 9.05. The van der Waals surface area contributed by atoms with E-state index in [1.807, 2.05) is 50.2 Å². The summed E-state index contributed by atoms with van der Waals surface area (Å²) in [4.78, 5) is 12.6. The Morgan fingerprint density at radius 2 is 1.69 bits per heavy atom. The van der Waals surface area contributed by atoms with Crippen LogP contribution < -0.4 is 14.8 Å². The first-order valence-electron chi connectivity index (χ1n) is 9.05. The number of amides is 1. The van der Waals surface area contributed by atoms with Gasteiger partial charge in [0.05, 0.1) is 19.8 Å². The van der Waals surface area contributed by atoms with Crippen molar-refractivity contribution < 1.29 is 19.0 Å². The molecule has 0 spiro atoms. The second-order valence-electron chi connectivity index (χ2n) is 5.72. The third kappa shape index (κ3) is 5.77. The molecular weight excluding hydrogens is 330 g/mol. The van der Waals surface area contributed by atoms with Gasteiger partial charge in [-0.1, -0.05) is 6.92 Å². The zero-order valence-corrected chi connectivity index (χ0v) is 15.7. The molecule has 5 nitrogen and oxygen atoms in total. The number of anilines is 1. The van der Waals surface area contributed by atoms with Crippen molar-refractivity contribution in [1.29, 1.82) is 0 Å². The Hall–Kier alpha value is -2.53. The van der Waals surface area contributed by atoms with Gasteiger partial charge in [0.2, 0.25) is 0 Å². The maximum atomic E-state index is 12.6. The SMILES string of the molecule is CCCOCc1cc(C(=O)Nc2ccc(OCC)cc2)ccc1OCC. The fraction of sp³-hybridized carbons (Fsp3) is 0.381.